The van der Waals surface area contributed by atoms with Gasteiger partial charge in [0.05, 0.1) is 22.5 Å². The molecule has 0 atom stereocenters. The number of fused-ring (bicyclic) bond motifs is 1. The van der Waals surface area contributed by atoms with Gasteiger partial charge < -0.3 is 15.0 Å². The molecule has 9 heteroatoms. The highest BCUT2D eigenvalue weighted by Gasteiger charge is 2.19. The van der Waals surface area contributed by atoms with Crippen molar-refractivity contribution in [2.75, 3.05) is 43.6 Å². The number of hydrogen-bond donors (Lipinski definition) is 2. The lowest BCUT2D eigenvalue weighted by Crippen LogP contribution is -2.27. The van der Waals surface area contributed by atoms with E-state index in [1.54, 1.807) is 12.1 Å². The SMILES string of the molecule is COCCNS(=O)(=O)c1ccc(CNc2nc3ccccc3nc2N2CCCC2)cc1. The molecule has 1 aliphatic rings. The van der Waals surface area contributed by atoms with Crippen molar-refractivity contribution < 1.29 is 13.2 Å². The van der Waals surface area contributed by atoms with E-state index in [-0.39, 0.29) is 11.4 Å². The summed E-state index contributed by atoms with van der Waals surface area (Å²) in [6, 6.07) is 14.7. The molecule has 31 heavy (non-hydrogen) atoms. The summed E-state index contributed by atoms with van der Waals surface area (Å²) in [5.41, 5.74) is 2.68. The summed E-state index contributed by atoms with van der Waals surface area (Å²) in [6.07, 6.45) is 2.31. The van der Waals surface area contributed by atoms with Crippen molar-refractivity contribution in [1.29, 1.82) is 0 Å². The van der Waals surface area contributed by atoms with E-state index in [0.29, 0.717) is 13.2 Å². The number of ether oxygens (including phenoxy) is 1. The molecule has 2 heterocycles. The average Bonchev–Trinajstić information content (AvgIpc) is 3.32. The van der Waals surface area contributed by atoms with Gasteiger partial charge in [0.15, 0.2) is 11.6 Å². The van der Waals surface area contributed by atoms with E-state index in [1.807, 2.05) is 36.4 Å². The van der Waals surface area contributed by atoms with E-state index in [2.05, 4.69) is 14.9 Å². The van der Waals surface area contributed by atoms with Crippen molar-refractivity contribution >= 4 is 32.7 Å². The molecule has 0 amide bonds. The van der Waals surface area contributed by atoms with Crippen LogP contribution >= 0.6 is 0 Å². The van der Waals surface area contributed by atoms with Crippen LogP contribution in [0.25, 0.3) is 11.0 Å². The zero-order valence-corrected chi connectivity index (χ0v) is 18.4. The van der Waals surface area contributed by atoms with Gasteiger partial charge in [-0.1, -0.05) is 24.3 Å². The number of nitrogens with zero attached hydrogens (tertiary/aromatic N) is 3. The Morgan fingerprint density at radius 3 is 2.35 bits per heavy atom. The summed E-state index contributed by atoms with van der Waals surface area (Å²) in [4.78, 5) is 12.2. The molecular formula is C22H27N5O3S. The molecular weight excluding hydrogens is 414 g/mol. The van der Waals surface area contributed by atoms with Gasteiger partial charge in [0.2, 0.25) is 10.0 Å². The summed E-state index contributed by atoms with van der Waals surface area (Å²) in [5.74, 6) is 1.62. The first-order chi connectivity index (χ1) is 15.1. The molecule has 0 unspecified atom stereocenters. The lowest BCUT2D eigenvalue weighted by molar-refractivity contribution is 0.204. The molecule has 0 aliphatic carbocycles. The van der Waals surface area contributed by atoms with Crippen molar-refractivity contribution in [1.82, 2.24) is 14.7 Å². The summed E-state index contributed by atoms with van der Waals surface area (Å²) < 4.78 is 32.0. The van der Waals surface area contributed by atoms with E-state index in [4.69, 9.17) is 14.7 Å². The van der Waals surface area contributed by atoms with E-state index < -0.39 is 10.0 Å². The summed E-state index contributed by atoms with van der Waals surface area (Å²) >= 11 is 0. The van der Waals surface area contributed by atoms with E-state index in [1.165, 1.54) is 7.11 Å². The molecule has 1 saturated heterocycles. The Morgan fingerprint density at radius 2 is 1.68 bits per heavy atom. The van der Waals surface area contributed by atoms with Crippen LogP contribution in [0.4, 0.5) is 11.6 Å². The highest BCUT2D eigenvalue weighted by Crippen LogP contribution is 2.28. The van der Waals surface area contributed by atoms with Crippen LogP contribution in [0.3, 0.4) is 0 Å². The Balaban J connectivity index is 1.50. The van der Waals surface area contributed by atoms with E-state index >= 15 is 0 Å². The molecule has 2 N–H and O–H groups in total. The molecule has 3 aromatic rings. The highest BCUT2D eigenvalue weighted by atomic mass is 32.2. The van der Waals surface area contributed by atoms with Crippen molar-refractivity contribution in [2.24, 2.45) is 0 Å². The number of para-hydroxylation sites is 2. The number of hydrogen-bond acceptors (Lipinski definition) is 7. The van der Waals surface area contributed by atoms with Crippen LogP contribution in [0.5, 0.6) is 0 Å². The first-order valence-electron chi connectivity index (χ1n) is 10.4. The quantitative estimate of drug-likeness (QED) is 0.493. The number of nitrogens with one attached hydrogen (secondary N) is 2. The second-order valence-electron chi connectivity index (χ2n) is 7.47. The highest BCUT2D eigenvalue weighted by molar-refractivity contribution is 7.89. The Hall–Kier alpha value is -2.75. The Morgan fingerprint density at radius 1 is 1.00 bits per heavy atom. The topological polar surface area (TPSA) is 96.4 Å². The van der Waals surface area contributed by atoms with Crippen molar-refractivity contribution in [3.05, 3.63) is 54.1 Å². The third-order valence-corrected chi connectivity index (χ3v) is 6.73. The Kier molecular flexibility index (Phi) is 6.64. The maximum Gasteiger partial charge on any atom is 0.240 e. The van der Waals surface area contributed by atoms with Crippen LogP contribution in [-0.4, -0.2) is 51.7 Å². The van der Waals surface area contributed by atoms with Gasteiger partial charge in [-0.2, -0.15) is 0 Å². The minimum atomic E-state index is -3.54. The zero-order chi connectivity index (χ0) is 21.7. The zero-order valence-electron chi connectivity index (χ0n) is 17.5. The lowest BCUT2D eigenvalue weighted by atomic mass is 10.2. The third-order valence-electron chi connectivity index (χ3n) is 5.25. The number of anilines is 2. The fourth-order valence-electron chi connectivity index (χ4n) is 3.59. The minimum absolute atomic E-state index is 0.232. The average molecular weight is 442 g/mol. The molecule has 8 nitrogen and oxygen atoms in total. The van der Waals surface area contributed by atoms with Gasteiger partial charge in [-0.3, -0.25) is 0 Å². The minimum Gasteiger partial charge on any atom is -0.383 e. The number of sulfonamides is 1. The first kappa shape index (κ1) is 21.5. The molecule has 1 fully saturated rings. The first-order valence-corrected chi connectivity index (χ1v) is 11.9. The van der Waals surface area contributed by atoms with Crippen LogP contribution in [-0.2, 0) is 21.3 Å². The normalized spacial score (nSPS) is 14.3. The molecule has 4 rings (SSSR count). The standard InChI is InChI=1S/C22H27N5O3S/c1-30-15-12-24-31(28,29)18-10-8-17(9-11-18)16-23-21-22(27-13-4-5-14-27)26-20-7-3-2-6-19(20)25-21/h2-3,6-11,24H,4-5,12-16H2,1H3,(H,23,25). The smallest absolute Gasteiger partial charge is 0.240 e. The van der Waals surface area contributed by atoms with Crippen LogP contribution in [0, 0.1) is 0 Å². The van der Waals surface area contributed by atoms with Crippen LogP contribution in [0.2, 0.25) is 0 Å². The number of methoxy groups -OCH3 is 1. The van der Waals surface area contributed by atoms with Crippen LogP contribution in [0.15, 0.2) is 53.4 Å². The Bertz CT molecular complexity index is 1130. The lowest BCUT2D eigenvalue weighted by Gasteiger charge is -2.20. The monoisotopic (exact) mass is 441 g/mol. The molecule has 2 aromatic carbocycles. The third kappa shape index (κ3) is 5.12. The summed E-state index contributed by atoms with van der Waals surface area (Å²) in [7, 11) is -2.01. The van der Waals surface area contributed by atoms with Gasteiger partial charge in [-0.15, -0.1) is 0 Å². The predicted molar refractivity (Wildman–Crippen MR) is 122 cm³/mol. The van der Waals surface area contributed by atoms with Crippen molar-refractivity contribution in [2.45, 2.75) is 24.3 Å². The molecule has 164 valence electrons. The second kappa shape index (κ2) is 9.59. The van der Waals surface area contributed by atoms with Crippen LogP contribution < -0.4 is 14.9 Å². The molecule has 1 aliphatic heterocycles. The fraction of sp³-hybridized carbons (Fsp3) is 0.364. The van der Waals surface area contributed by atoms with Gasteiger partial charge in [-0.25, -0.2) is 23.1 Å². The number of rotatable bonds is 9. The van der Waals surface area contributed by atoms with Crippen molar-refractivity contribution in [3.63, 3.8) is 0 Å². The van der Waals surface area contributed by atoms with Crippen molar-refractivity contribution in [3.8, 4) is 0 Å². The van der Waals surface area contributed by atoms with E-state index in [9.17, 15) is 8.42 Å². The summed E-state index contributed by atoms with van der Waals surface area (Å²) in [5, 5.41) is 3.40. The van der Waals surface area contributed by atoms with Gasteiger partial charge in [0.1, 0.15) is 0 Å². The van der Waals surface area contributed by atoms with Crippen LogP contribution in [0.1, 0.15) is 18.4 Å². The molecule has 0 radical (unpaired) electrons. The van der Waals surface area contributed by atoms with Gasteiger partial charge in [-0.05, 0) is 42.7 Å². The predicted octanol–water partition coefficient (Wildman–Crippen LogP) is 2.77. The maximum atomic E-state index is 12.3. The second-order valence-corrected chi connectivity index (χ2v) is 9.23. The molecule has 0 spiro atoms. The van der Waals surface area contributed by atoms with Gasteiger partial charge in [0.25, 0.3) is 0 Å². The molecule has 0 saturated carbocycles. The van der Waals surface area contributed by atoms with Gasteiger partial charge >= 0.3 is 0 Å². The molecule has 0 bridgehead atoms. The number of benzene rings is 2. The molecule has 1 aromatic heterocycles. The summed E-state index contributed by atoms with van der Waals surface area (Å²) in [6.45, 7) is 3.04. The van der Waals surface area contributed by atoms with Gasteiger partial charge in [0, 0.05) is 33.3 Å². The number of aromatic nitrogens is 2. The maximum absolute atomic E-state index is 12.3. The Labute approximate surface area is 182 Å². The largest absolute Gasteiger partial charge is 0.383 e. The fourth-order valence-corrected chi connectivity index (χ4v) is 4.61. The van der Waals surface area contributed by atoms with E-state index in [0.717, 1.165) is 54.2 Å².